The number of carboxylic acids is 1. The molecule has 0 aliphatic carbocycles. The summed E-state index contributed by atoms with van der Waals surface area (Å²) in [6.45, 7) is 2.14. The lowest BCUT2D eigenvalue weighted by molar-refractivity contribution is -0.180. The maximum Gasteiger partial charge on any atom is 0.395 e. The number of unbranched alkanes of at least 4 members (excludes halogenated alkanes) is 1. The number of ether oxygens (including phenoxy) is 2. The van der Waals surface area contributed by atoms with Crippen LogP contribution in [0.5, 0.6) is 11.5 Å². The smallest absolute Gasteiger partial charge is 0.395 e. The highest BCUT2D eigenvalue weighted by atomic mass is 16.8. The Kier molecular flexibility index (Phi) is 4.50. The Morgan fingerprint density at radius 3 is 2.16 bits per heavy atom. The molecule has 31 heavy (non-hydrogen) atoms. The van der Waals surface area contributed by atoms with Gasteiger partial charge in [-0.2, -0.15) is 0 Å². The fraction of sp³-hybridized carbons (Fsp3) is 0.240. The van der Waals surface area contributed by atoms with Gasteiger partial charge in [0.25, 0.3) is 0 Å². The summed E-state index contributed by atoms with van der Waals surface area (Å²) < 4.78 is 11.8. The van der Waals surface area contributed by atoms with Crippen molar-refractivity contribution in [2.75, 3.05) is 0 Å². The number of benzene rings is 3. The minimum atomic E-state index is -1.91. The SMILES string of the molecule is CCCCC1(c2ccc3c(c2)OC(C(=O)O)(c2ccccc2)O3)N=c2ccccc2=N1. The highest BCUT2D eigenvalue weighted by molar-refractivity contribution is 5.80. The van der Waals surface area contributed by atoms with Crippen molar-refractivity contribution in [3.05, 3.63) is 94.6 Å². The number of carboxylic acid groups (broad SMARTS) is 1. The number of aliphatic carboxylic acids is 1. The summed E-state index contributed by atoms with van der Waals surface area (Å²) in [4.78, 5) is 22.1. The van der Waals surface area contributed by atoms with Crippen LogP contribution in [-0.2, 0) is 16.2 Å². The second-order valence-corrected chi connectivity index (χ2v) is 7.79. The van der Waals surface area contributed by atoms with E-state index in [1.165, 1.54) is 0 Å². The van der Waals surface area contributed by atoms with Crippen LogP contribution in [0.3, 0.4) is 0 Å². The van der Waals surface area contributed by atoms with Gasteiger partial charge in [0.05, 0.1) is 10.7 Å². The first-order valence-electron chi connectivity index (χ1n) is 10.4. The Hall–Kier alpha value is -3.67. The molecule has 5 rings (SSSR count). The van der Waals surface area contributed by atoms with Gasteiger partial charge in [-0.3, -0.25) is 0 Å². The molecule has 0 aromatic heterocycles. The van der Waals surface area contributed by atoms with Gasteiger partial charge in [-0.25, -0.2) is 14.8 Å². The normalized spacial score (nSPS) is 19.9. The molecule has 1 N–H and O–H groups in total. The van der Waals surface area contributed by atoms with Crippen LogP contribution in [-0.4, -0.2) is 11.1 Å². The summed E-state index contributed by atoms with van der Waals surface area (Å²) in [6, 6.07) is 22.0. The number of rotatable bonds is 6. The quantitative estimate of drug-likeness (QED) is 0.667. The Morgan fingerprint density at radius 2 is 1.52 bits per heavy atom. The summed E-state index contributed by atoms with van der Waals surface area (Å²) in [7, 11) is 0. The van der Waals surface area contributed by atoms with Crippen molar-refractivity contribution >= 4 is 5.97 Å². The van der Waals surface area contributed by atoms with Gasteiger partial charge in [-0.1, -0.05) is 61.9 Å². The van der Waals surface area contributed by atoms with Gasteiger partial charge in [0.1, 0.15) is 0 Å². The molecule has 1 unspecified atom stereocenters. The van der Waals surface area contributed by atoms with Gasteiger partial charge < -0.3 is 14.6 Å². The van der Waals surface area contributed by atoms with Crippen LogP contribution >= 0.6 is 0 Å². The fourth-order valence-corrected chi connectivity index (χ4v) is 4.12. The number of carbonyl (C=O) groups is 1. The average molecular weight is 414 g/mol. The van der Waals surface area contributed by atoms with Crippen molar-refractivity contribution in [2.45, 2.75) is 37.6 Å². The molecule has 0 saturated heterocycles. The third-order valence-corrected chi connectivity index (χ3v) is 5.72. The van der Waals surface area contributed by atoms with E-state index in [9.17, 15) is 9.90 Å². The largest absolute Gasteiger partial charge is 0.475 e. The van der Waals surface area contributed by atoms with Crippen molar-refractivity contribution < 1.29 is 19.4 Å². The standard InChI is InChI=1S/C25H22N2O4/c1-2-3-15-24(26-19-11-7-8-12-20(19)27-24)18-13-14-21-22(16-18)31-25(30-21,23(28)29)17-9-5-4-6-10-17/h4-14,16H,2-3,15H2,1H3,(H,28,29). The molecule has 2 heterocycles. The van der Waals surface area contributed by atoms with Crippen LogP contribution in [0.25, 0.3) is 0 Å². The Morgan fingerprint density at radius 1 is 0.871 bits per heavy atom. The first-order chi connectivity index (χ1) is 15.1. The van der Waals surface area contributed by atoms with Crippen LogP contribution in [0.4, 0.5) is 0 Å². The Balaban J connectivity index is 1.58. The molecule has 0 amide bonds. The van der Waals surface area contributed by atoms with Gasteiger partial charge in [-0.05, 0) is 37.1 Å². The topological polar surface area (TPSA) is 80.5 Å². The molecule has 2 aliphatic heterocycles. The third kappa shape index (κ3) is 3.06. The van der Waals surface area contributed by atoms with E-state index in [0.29, 0.717) is 17.1 Å². The minimum Gasteiger partial charge on any atom is -0.475 e. The molecule has 0 bridgehead atoms. The molecule has 3 aromatic carbocycles. The predicted molar refractivity (Wildman–Crippen MR) is 113 cm³/mol. The zero-order valence-corrected chi connectivity index (χ0v) is 17.1. The molecule has 0 saturated carbocycles. The summed E-state index contributed by atoms with van der Waals surface area (Å²) in [5.74, 6) is -2.36. The van der Waals surface area contributed by atoms with E-state index < -0.39 is 17.4 Å². The zero-order chi connectivity index (χ0) is 21.5. The number of nitrogens with zero attached hydrogens (tertiary/aromatic N) is 2. The zero-order valence-electron chi connectivity index (χ0n) is 17.1. The molecule has 1 atom stereocenters. The van der Waals surface area contributed by atoms with E-state index in [1.54, 1.807) is 30.3 Å². The summed E-state index contributed by atoms with van der Waals surface area (Å²) in [5.41, 5.74) is 0.525. The summed E-state index contributed by atoms with van der Waals surface area (Å²) >= 11 is 0. The van der Waals surface area contributed by atoms with Crippen LogP contribution in [0.2, 0.25) is 0 Å². The van der Waals surface area contributed by atoms with Crippen molar-refractivity contribution in [3.63, 3.8) is 0 Å². The first kappa shape index (κ1) is 19.3. The first-order valence-corrected chi connectivity index (χ1v) is 10.4. The van der Waals surface area contributed by atoms with E-state index in [-0.39, 0.29) is 0 Å². The summed E-state index contributed by atoms with van der Waals surface area (Å²) in [6.07, 6.45) is 2.73. The van der Waals surface area contributed by atoms with E-state index in [0.717, 1.165) is 35.5 Å². The lowest BCUT2D eigenvalue weighted by atomic mass is 9.94. The van der Waals surface area contributed by atoms with Gasteiger partial charge in [0, 0.05) is 11.1 Å². The summed E-state index contributed by atoms with van der Waals surface area (Å²) in [5, 5.41) is 11.7. The highest BCUT2D eigenvalue weighted by Crippen LogP contribution is 2.47. The molecule has 0 spiro atoms. The number of hydrogen-bond acceptors (Lipinski definition) is 5. The van der Waals surface area contributed by atoms with Gasteiger partial charge in [-0.15, -0.1) is 0 Å². The molecule has 3 aromatic rings. The molecule has 6 heteroatoms. The molecule has 0 fully saturated rings. The Bertz CT molecular complexity index is 1240. The molecule has 0 radical (unpaired) electrons. The molecule has 6 nitrogen and oxygen atoms in total. The number of para-hydroxylation sites is 2. The van der Waals surface area contributed by atoms with Gasteiger partial charge in [0.2, 0.25) is 0 Å². The lowest BCUT2D eigenvalue weighted by Crippen LogP contribution is -2.43. The van der Waals surface area contributed by atoms with Crippen molar-refractivity contribution in [1.82, 2.24) is 0 Å². The molecule has 156 valence electrons. The fourth-order valence-electron chi connectivity index (χ4n) is 4.12. The van der Waals surface area contributed by atoms with Gasteiger partial charge >= 0.3 is 11.8 Å². The van der Waals surface area contributed by atoms with Crippen molar-refractivity contribution in [3.8, 4) is 11.5 Å². The predicted octanol–water partition coefficient (Wildman–Crippen LogP) is 3.69. The number of hydrogen-bond donors (Lipinski definition) is 1. The maximum absolute atomic E-state index is 12.2. The lowest BCUT2D eigenvalue weighted by Gasteiger charge is -2.24. The third-order valence-electron chi connectivity index (χ3n) is 5.72. The molecular formula is C25H22N2O4. The highest BCUT2D eigenvalue weighted by Gasteiger charge is 2.51. The van der Waals surface area contributed by atoms with Crippen LogP contribution in [0.1, 0.15) is 37.3 Å². The second-order valence-electron chi connectivity index (χ2n) is 7.79. The van der Waals surface area contributed by atoms with E-state index >= 15 is 0 Å². The van der Waals surface area contributed by atoms with Crippen LogP contribution < -0.4 is 20.2 Å². The van der Waals surface area contributed by atoms with Crippen LogP contribution in [0.15, 0.2) is 82.8 Å². The molecule has 2 aliphatic rings. The van der Waals surface area contributed by atoms with Crippen LogP contribution in [0, 0.1) is 0 Å². The van der Waals surface area contributed by atoms with E-state index in [4.69, 9.17) is 19.5 Å². The second kappa shape index (κ2) is 7.23. The number of fused-ring (bicyclic) bond motifs is 2. The minimum absolute atomic E-state index is 0.376. The Labute approximate surface area is 179 Å². The van der Waals surface area contributed by atoms with E-state index in [2.05, 4.69) is 6.92 Å². The monoisotopic (exact) mass is 414 g/mol. The van der Waals surface area contributed by atoms with Gasteiger partial charge in [0.15, 0.2) is 17.2 Å². The van der Waals surface area contributed by atoms with E-state index in [1.807, 2.05) is 42.5 Å². The average Bonchev–Trinajstić information content (AvgIpc) is 3.38. The van der Waals surface area contributed by atoms with Crippen molar-refractivity contribution in [2.24, 2.45) is 9.98 Å². The molecular weight excluding hydrogens is 392 g/mol. The maximum atomic E-state index is 12.2. The van der Waals surface area contributed by atoms with Crippen molar-refractivity contribution in [1.29, 1.82) is 0 Å².